The molecule has 7 heteroatoms. The summed E-state index contributed by atoms with van der Waals surface area (Å²) in [5, 5.41) is 11.1. The normalized spacial score (nSPS) is 15.2. The second-order valence-corrected chi connectivity index (χ2v) is 7.56. The highest BCUT2D eigenvalue weighted by Gasteiger charge is 2.20. The Hall–Kier alpha value is -1.17. The second kappa shape index (κ2) is 13.2. The smallest absolute Gasteiger partial charge is 0.119 e. The molecular formula is C22H31Cl3N2O2. The van der Waals surface area contributed by atoms with Crippen molar-refractivity contribution < 1.29 is 9.84 Å². The number of piperazine rings is 1. The van der Waals surface area contributed by atoms with Crippen LogP contribution in [0.5, 0.6) is 5.75 Å². The fourth-order valence-electron chi connectivity index (χ4n) is 3.45. The molecule has 1 N–H and O–H groups in total. The molecule has 2 aromatic carbocycles. The van der Waals surface area contributed by atoms with Crippen molar-refractivity contribution in [2.75, 3.05) is 44.2 Å². The quantitative estimate of drug-likeness (QED) is 0.618. The van der Waals surface area contributed by atoms with Gasteiger partial charge in [-0.25, -0.2) is 0 Å². The Kier molecular flexibility index (Phi) is 11.8. The minimum Gasteiger partial charge on any atom is -0.491 e. The summed E-state index contributed by atoms with van der Waals surface area (Å²) in [6.07, 6.45) is 1.74. The highest BCUT2D eigenvalue weighted by atomic mass is 35.5. The predicted octanol–water partition coefficient (Wildman–Crippen LogP) is 4.70. The number of nitrogens with zero attached hydrogens (tertiary/aromatic N) is 2. The van der Waals surface area contributed by atoms with Crippen LogP contribution >= 0.6 is 36.4 Å². The summed E-state index contributed by atoms with van der Waals surface area (Å²) in [6.45, 7) is 6.86. The molecular weight excluding hydrogens is 431 g/mol. The van der Waals surface area contributed by atoms with E-state index >= 15 is 0 Å². The summed E-state index contributed by atoms with van der Waals surface area (Å²) in [5.74, 6) is 0.819. The van der Waals surface area contributed by atoms with E-state index in [0.717, 1.165) is 55.5 Å². The van der Waals surface area contributed by atoms with Crippen molar-refractivity contribution in [1.82, 2.24) is 4.90 Å². The Morgan fingerprint density at radius 3 is 2.34 bits per heavy atom. The van der Waals surface area contributed by atoms with Gasteiger partial charge in [0.1, 0.15) is 18.5 Å². The lowest BCUT2D eigenvalue weighted by Gasteiger charge is -2.36. The molecule has 1 unspecified atom stereocenters. The van der Waals surface area contributed by atoms with E-state index in [1.807, 2.05) is 30.3 Å². The van der Waals surface area contributed by atoms with Crippen LogP contribution in [0.2, 0.25) is 5.02 Å². The van der Waals surface area contributed by atoms with Crippen molar-refractivity contribution in [3.63, 3.8) is 0 Å². The molecule has 4 nitrogen and oxygen atoms in total. The molecule has 0 aromatic heterocycles. The Labute approximate surface area is 191 Å². The van der Waals surface area contributed by atoms with Gasteiger partial charge in [-0.2, -0.15) is 0 Å². The molecule has 2 aromatic rings. The van der Waals surface area contributed by atoms with Crippen molar-refractivity contribution in [3.05, 3.63) is 59.1 Å². The molecule has 1 saturated heterocycles. The number of halogens is 3. The molecule has 0 saturated carbocycles. The van der Waals surface area contributed by atoms with Gasteiger partial charge in [-0.1, -0.05) is 43.1 Å². The summed E-state index contributed by atoms with van der Waals surface area (Å²) < 4.78 is 5.74. The zero-order valence-corrected chi connectivity index (χ0v) is 19.2. The van der Waals surface area contributed by atoms with Crippen molar-refractivity contribution in [2.45, 2.75) is 25.9 Å². The van der Waals surface area contributed by atoms with E-state index in [0.29, 0.717) is 13.2 Å². The van der Waals surface area contributed by atoms with Crippen LogP contribution in [0.3, 0.4) is 0 Å². The van der Waals surface area contributed by atoms with Gasteiger partial charge in [0.2, 0.25) is 0 Å². The number of hydrogen-bond donors (Lipinski definition) is 1. The summed E-state index contributed by atoms with van der Waals surface area (Å²) in [4.78, 5) is 4.63. The molecule has 1 fully saturated rings. The van der Waals surface area contributed by atoms with Crippen LogP contribution < -0.4 is 9.64 Å². The SMILES string of the molecule is CCCc1ccc(OCC(O)CN2CCN(c3cccc(Cl)c3)CC2)cc1.Cl.Cl. The van der Waals surface area contributed by atoms with Gasteiger partial charge in [-0.3, -0.25) is 4.90 Å². The lowest BCUT2D eigenvalue weighted by molar-refractivity contribution is 0.0663. The third kappa shape index (κ3) is 8.23. The number of aliphatic hydroxyl groups excluding tert-OH is 1. The monoisotopic (exact) mass is 460 g/mol. The van der Waals surface area contributed by atoms with Gasteiger partial charge < -0.3 is 14.7 Å². The zero-order valence-electron chi connectivity index (χ0n) is 16.8. The van der Waals surface area contributed by atoms with Crippen molar-refractivity contribution in [2.24, 2.45) is 0 Å². The fraction of sp³-hybridized carbons (Fsp3) is 0.455. The van der Waals surface area contributed by atoms with Gasteiger partial charge in [0.05, 0.1) is 0 Å². The second-order valence-electron chi connectivity index (χ2n) is 7.13. The number of aryl methyl sites for hydroxylation is 1. The number of anilines is 1. The number of β-amino-alcohol motifs (C(OH)–C–C–N with tert-alkyl or cyclic N) is 1. The van der Waals surface area contributed by atoms with E-state index in [2.05, 4.69) is 34.9 Å². The maximum atomic E-state index is 10.3. The molecule has 162 valence electrons. The largest absolute Gasteiger partial charge is 0.491 e. The summed E-state index contributed by atoms with van der Waals surface area (Å²) in [7, 11) is 0. The summed E-state index contributed by atoms with van der Waals surface area (Å²) in [6, 6.07) is 16.2. The van der Waals surface area contributed by atoms with Crippen LogP contribution in [0.25, 0.3) is 0 Å². The maximum Gasteiger partial charge on any atom is 0.119 e. The lowest BCUT2D eigenvalue weighted by atomic mass is 10.1. The van der Waals surface area contributed by atoms with Crippen LogP contribution in [0, 0.1) is 0 Å². The zero-order chi connectivity index (χ0) is 19.1. The molecule has 1 aliphatic heterocycles. The van der Waals surface area contributed by atoms with Gasteiger partial charge in [-0.15, -0.1) is 24.8 Å². The molecule has 0 bridgehead atoms. The van der Waals surface area contributed by atoms with Crippen LogP contribution in [-0.4, -0.2) is 55.4 Å². The molecule has 0 spiro atoms. The third-order valence-electron chi connectivity index (χ3n) is 4.92. The Balaban J connectivity index is 0.00000210. The first kappa shape index (κ1) is 25.9. The van der Waals surface area contributed by atoms with Gasteiger partial charge in [0.15, 0.2) is 0 Å². The van der Waals surface area contributed by atoms with E-state index in [-0.39, 0.29) is 24.8 Å². The number of aliphatic hydroxyl groups is 1. The number of hydrogen-bond acceptors (Lipinski definition) is 4. The molecule has 3 rings (SSSR count). The molecule has 1 aliphatic rings. The summed E-state index contributed by atoms with van der Waals surface area (Å²) in [5.41, 5.74) is 2.49. The van der Waals surface area contributed by atoms with E-state index in [1.165, 1.54) is 5.56 Å². The molecule has 0 aliphatic carbocycles. The molecule has 1 heterocycles. The Morgan fingerprint density at radius 1 is 1.03 bits per heavy atom. The van der Waals surface area contributed by atoms with Crippen molar-refractivity contribution in [1.29, 1.82) is 0 Å². The van der Waals surface area contributed by atoms with E-state index in [4.69, 9.17) is 16.3 Å². The van der Waals surface area contributed by atoms with Crippen molar-refractivity contribution in [3.8, 4) is 5.75 Å². The molecule has 0 radical (unpaired) electrons. The van der Waals surface area contributed by atoms with Gasteiger partial charge in [0.25, 0.3) is 0 Å². The first-order valence-corrected chi connectivity index (χ1v) is 10.1. The summed E-state index contributed by atoms with van der Waals surface area (Å²) >= 11 is 6.09. The number of benzene rings is 2. The van der Waals surface area contributed by atoms with Gasteiger partial charge in [-0.05, 0) is 42.3 Å². The number of rotatable bonds is 8. The number of ether oxygens (including phenoxy) is 1. The molecule has 0 amide bonds. The predicted molar refractivity (Wildman–Crippen MR) is 127 cm³/mol. The lowest BCUT2D eigenvalue weighted by Crippen LogP contribution is -2.49. The minimum absolute atomic E-state index is 0. The van der Waals surface area contributed by atoms with Crippen LogP contribution in [0.15, 0.2) is 48.5 Å². The average molecular weight is 462 g/mol. The Bertz CT molecular complexity index is 707. The van der Waals surface area contributed by atoms with Crippen LogP contribution in [0.4, 0.5) is 5.69 Å². The average Bonchev–Trinajstić information content (AvgIpc) is 2.68. The first-order valence-electron chi connectivity index (χ1n) is 9.76. The van der Waals surface area contributed by atoms with Gasteiger partial charge in [0, 0.05) is 43.4 Å². The topological polar surface area (TPSA) is 35.9 Å². The van der Waals surface area contributed by atoms with E-state index in [9.17, 15) is 5.11 Å². The Morgan fingerprint density at radius 2 is 1.72 bits per heavy atom. The molecule has 29 heavy (non-hydrogen) atoms. The first-order chi connectivity index (χ1) is 13.1. The van der Waals surface area contributed by atoms with E-state index < -0.39 is 6.10 Å². The standard InChI is InChI=1S/C22H29ClN2O2.2ClH/c1-2-4-18-7-9-22(10-8-18)27-17-21(26)16-24-11-13-25(14-12-24)20-6-3-5-19(23)15-20;;/h3,5-10,15,21,26H,2,4,11-14,16-17H2,1H3;2*1H. The van der Waals surface area contributed by atoms with Crippen molar-refractivity contribution >= 4 is 42.1 Å². The van der Waals surface area contributed by atoms with Crippen LogP contribution in [-0.2, 0) is 6.42 Å². The molecule has 1 atom stereocenters. The fourth-order valence-corrected chi connectivity index (χ4v) is 3.63. The maximum absolute atomic E-state index is 10.3. The highest BCUT2D eigenvalue weighted by Crippen LogP contribution is 2.21. The third-order valence-corrected chi connectivity index (χ3v) is 5.15. The van der Waals surface area contributed by atoms with E-state index in [1.54, 1.807) is 0 Å². The minimum atomic E-state index is -0.488. The highest BCUT2D eigenvalue weighted by molar-refractivity contribution is 6.30. The van der Waals surface area contributed by atoms with Crippen LogP contribution in [0.1, 0.15) is 18.9 Å². The van der Waals surface area contributed by atoms with Gasteiger partial charge >= 0.3 is 0 Å².